The number of nitrogens with zero attached hydrogens (tertiary/aromatic N) is 4. The van der Waals surface area contributed by atoms with E-state index in [2.05, 4.69) is 15.8 Å². The van der Waals surface area contributed by atoms with Crippen LogP contribution in [0.1, 0.15) is 24.2 Å². The Balaban J connectivity index is 1.67. The lowest BCUT2D eigenvalue weighted by molar-refractivity contribution is 0.482. The fourth-order valence-electron chi connectivity index (χ4n) is 3.30. The first kappa shape index (κ1) is 14.1. The monoisotopic (exact) mass is 308 g/mol. The molecule has 0 aliphatic carbocycles. The second kappa shape index (κ2) is 5.57. The van der Waals surface area contributed by atoms with Gasteiger partial charge in [0.05, 0.1) is 17.9 Å². The molecule has 3 heterocycles. The fraction of sp³-hybridized carbons (Fsp3) is 0.333. The van der Waals surface area contributed by atoms with Gasteiger partial charge in [-0.05, 0) is 30.9 Å². The number of hydrogen-bond acceptors (Lipinski definition) is 2. The largest absolute Gasteiger partial charge is 0.328 e. The Labute approximate surface area is 134 Å². The van der Waals surface area contributed by atoms with Crippen molar-refractivity contribution in [2.45, 2.75) is 32.4 Å². The number of imidazole rings is 1. The predicted molar refractivity (Wildman–Crippen MR) is 89.4 cm³/mol. The predicted octanol–water partition coefficient (Wildman–Crippen LogP) is 2.43. The molecule has 1 aliphatic heterocycles. The van der Waals surface area contributed by atoms with Crippen LogP contribution >= 0.6 is 0 Å². The first-order valence-corrected chi connectivity index (χ1v) is 8.09. The van der Waals surface area contributed by atoms with Gasteiger partial charge in [-0.25, -0.2) is 4.79 Å². The maximum Gasteiger partial charge on any atom is 0.328 e. The van der Waals surface area contributed by atoms with E-state index < -0.39 is 0 Å². The molecule has 0 spiro atoms. The second-order valence-electron chi connectivity index (χ2n) is 6.16. The normalized spacial score (nSPS) is 14.0. The molecule has 23 heavy (non-hydrogen) atoms. The Morgan fingerprint density at radius 2 is 2.00 bits per heavy atom. The number of fused-ring (bicyclic) bond motifs is 1. The van der Waals surface area contributed by atoms with Crippen molar-refractivity contribution >= 4 is 0 Å². The topological polar surface area (TPSA) is 44.8 Å². The highest BCUT2D eigenvalue weighted by Crippen LogP contribution is 2.18. The third-order valence-electron chi connectivity index (χ3n) is 4.54. The van der Waals surface area contributed by atoms with Crippen molar-refractivity contribution in [1.29, 1.82) is 0 Å². The van der Waals surface area contributed by atoms with Gasteiger partial charge in [-0.15, -0.1) is 0 Å². The SMILES string of the molecule is Cn1c(-c2ccccc2)cn(Cc2cc3n(n2)CCCC3)c1=O. The first-order chi connectivity index (χ1) is 11.2. The number of aryl methyl sites for hydroxylation is 2. The summed E-state index contributed by atoms with van der Waals surface area (Å²) in [6, 6.07) is 12.1. The minimum Gasteiger partial charge on any atom is -0.295 e. The summed E-state index contributed by atoms with van der Waals surface area (Å²) in [7, 11) is 1.82. The van der Waals surface area contributed by atoms with Gasteiger partial charge in [0.1, 0.15) is 0 Å². The summed E-state index contributed by atoms with van der Waals surface area (Å²) in [5.41, 5.74) is 4.23. The first-order valence-electron chi connectivity index (χ1n) is 8.09. The van der Waals surface area contributed by atoms with Gasteiger partial charge in [-0.1, -0.05) is 30.3 Å². The van der Waals surface area contributed by atoms with Crippen molar-refractivity contribution in [3.05, 3.63) is 64.5 Å². The van der Waals surface area contributed by atoms with Crippen molar-refractivity contribution < 1.29 is 0 Å². The Kier molecular flexibility index (Phi) is 3.41. The molecule has 0 saturated heterocycles. The van der Waals surface area contributed by atoms with E-state index in [1.807, 2.05) is 43.6 Å². The van der Waals surface area contributed by atoms with Gasteiger partial charge in [0, 0.05) is 25.5 Å². The Morgan fingerprint density at radius 1 is 1.17 bits per heavy atom. The molecule has 0 N–H and O–H groups in total. The molecule has 0 atom stereocenters. The molecule has 0 amide bonds. The van der Waals surface area contributed by atoms with Crippen LogP contribution < -0.4 is 5.69 Å². The summed E-state index contributed by atoms with van der Waals surface area (Å²) in [4.78, 5) is 12.5. The van der Waals surface area contributed by atoms with Crippen LogP contribution in [0.5, 0.6) is 0 Å². The van der Waals surface area contributed by atoms with Gasteiger partial charge >= 0.3 is 5.69 Å². The van der Waals surface area contributed by atoms with E-state index in [9.17, 15) is 4.79 Å². The summed E-state index contributed by atoms with van der Waals surface area (Å²) in [6.45, 7) is 1.52. The zero-order valence-corrected chi connectivity index (χ0v) is 13.3. The minimum absolute atomic E-state index is 0.00479. The van der Waals surface area contributed by atoms with Gasteiger partial charge in [0.2, 0.25) is 0 Å². The zero-order valence-electron chi connectivity index (χ0n) is 13.3. The van der Waals surface area contributed by atoms with Gasteiger partial charge in [-0.3, -0.25) is 13.8 Å². The highest BCUT2D eigenvalue weighted by atomic mass is 16.1. The van der Waals surface area contributed by atoms with E-state index >= 15 is 0 Å². The summed E-state index contributed by atoms with van der Waals surface area (Å²) in [5, 5.41) is 4.65. The van der Waals surface area contributed by atoms with Crippen LogP contribution in [0.2, 0.25) is 0 Å². The van der Waals surface area contributed by atoms with E-state index in [4.69, 9.17) is 0 Å². The van der Waals surface area contributed by atoms with Crippen molar-refractivity contribution in [3.63, 3.8) is 0 Å². The Bertz CT molecular complexity index is 862. The molecule has 0 saturated carbocycles. The highest BCUT2D eigenvalue weighted by molar-refractivity contribution is 5.58. The third kappa shape index (κ3) is 2.52. The van der Waals surface area contributed by atoms with Crippen molar-refractivity contribution in [2.24, 2.45) is 7.05 Å². The highest BCUT2D eigenvalue weighted by Gasteiger charge is 2.15. The van der Waals surface area contributed by atoms with Crippen molar-refractivity contribution in [1.82, 2.24) is 18.9 Å². The molecule has 5 heteroatoms. The van der Waals surface area contributed by atoms with Crippen LogP contribution in [-0.4, -0.2) is 18.9 Å². The lowest BCUT2D eigenvalue weighted by Gasteiger charge is -2.11. The smallest absolute Gasteiger partial charge is 0.295 e. The fourth-order valence-corrected chi connectivity index (χ4v) is 3.30. The third-order valence-corrected chi connectivity index (χ3v) is 4.54. The van der Waals surface area contributed by atoms with Gasteiger partial charge in [0.25, 0.3) is 0 Å². The molecule has 5 nitrogen and oxygen atoms in total. The number of aromatic nitrogens is 4. The molecule has 1 aliphatic rings. The summed E-state index contributed by atoms with van der Waals surface area (Å²) >= 11 is 0. The van der Waals surface area contributed by atoms with E-state index in [0.29, 0.717) is 6.54 Å². The number of benzene rings is 1. The number of rotatable bonds is 3. The van der Waals surface area contributed by atoms with Gasteiger partial charge < -0.3 is 0 Å². The van der Waals surface area contributed by atoms with Crippen LogP contribution in [-0.2, 0) is 26.6 Å². The quantitative estimate of drug-likeness (QED) is 0.746. The average Bonchev–Trinajstić information content (AvgIpc) is 3.11. The van der Waals surface area contributed by atoms with Crippen LogP contribution in [0.15, 0.2) is 47.4 Å². The van der Waals surface area contributed by atoms with Crippen molar-refractivity contribution in [3.8, 4) is 11.3 Å². The molecule has 0 radical (unpaired) electrons. The molecule has 118 valence electrons. The van der Waals surface area contributed by atoms with Gasteiger partial charge in [-0.2, -0.15) is 5.10 Å². The standard InChI is InChI=1S/C18H20N4O/c1-20-17(14-7-3-2-4-8-14)13-21(18(20)23)12-15-11-16-9-5-6-10-22(16)19-15/h2-4,7-8,11,13H,5-6,9-10,12H2,1H3. The Hall–Kier alpha value is -2.56. The van der Waals surface area contributed by atoms with Crippen LogP contribution in [0.25, 0.3) is 11.3 Å². The van der Waals surface area contributed by atoms with Crippen molar-refractivity contribution in [2.75, 3.05) is 0 Å². The van der Waals surface area contributed by atoms with E-state index in [1.54, 1.807) is 9.13 Å². The van der Waals surface area contributed by atoms with E-state index in [1.165, 1.54) is 18.5 Å². The minimum atomic E-state index is -0.00479. The summed E-state index contributed by atoms with van der Waals surface area (Å²) in [5.74, 6) is 0. The maximum absolute atomic E-state index is 12.5. The van der Waals surface area contributed by atoms with E-state index in [-0.39, 0.29) is 5.69 Å². The molecule has 4 rings (SSSR count). The van der Waals surface area contributed by atoms with Crippen LogP contribution in [0, 0.1) is 0 Å². The van der Waals surface area contributed by atoms with Crippen LogP contribution in [0.4, 0.5) is 0 Å². The molecular weight excluding hydrogens is 288 g/mol. The average molecular weight is 308 g/mol. The molecule has 0 fully saturated rings. The molecular formula is C18H20N4O. The number of hydrogen-bond donors (Lipinski definition) is 0. The molecule has 0 bridgehead atoms. The Morgan fingerprint density at radius 3 is 2.78 bits per heavy atom. The van der Waals surface area contributed by atoms with Gasteiger partial charge in [0.15, 0.2) is 0 Å². The molecule has 2 aromatic heterocycles. The lowest BCUT2D eigenvalue weighted by atomic mass is 10.1. The second-order valence-corrected chi connectivity index (χ2v) is 6.16. The van der Waals surface area contributed by atoms with Crippen LogP contribution in [0.3, 0.4) is 0 Å². The van der Waals surface area contributed by atoms with E-state index in [0.717, 1.165) is 29.9 Å². The molecule has 3 aromatic rings. The molecule has 1 aromatic carbocycles. The maximum atomic E-state index is 12.5. The summed E-state index contributed by atoms with van der Waals surface area (Å²) < 4.78 is 5.53. The molecule has 0 unspecified atom stereocenters. The lowest BCUT2D eigenvalue weighted by Crippen LogP contribution is -2.23. The summed E-state index contributed by atoms with van der Waals surface area (Å²) in [6.07, 6.45) is 5.44. The zero-order chi connectivity index (χ0) is 15.8.